The molecule has 0 saturated carbocycles. The van der Waals surface area contributed by atoms with Crippen LogP contribution < -0.4 is 4.87 Å². The van der Waals surface area contributed by atoms with Gasteiger partial charge in [0.25, 0.3) is 0 Å². The first-order valence-corrected chi connectivity index (χ1v) is 4.19. The smallest absolute Gasteiger partial charge is 0.255 e. The largest absolute Gasteiger partial charge is 0.322 e. The minimum atomic E-state index is -0.0499. The summed E-state index contributed by atoms with van der Waals surface area (Å²) in [6.45, 7) is 2.12. The predicted octanol–water partition coefficient (Wildman–Crippen LogP) is 1.17. The fraction of sp³-hybridized carbons (Fsp3) is 0.667. The van der Waals surface area contributed by atoms with Gasteiger partial charge in [0.2, 0.25) is 0 Å². The first-order valence-electron chi connectivity index (χ1n) is 3.37. The fourth-order valence-corrected chi connectivity index (χ4v) is 1.34. The van der Waals surface area contributed by atoms with E-state index in [1.807, 2.05) is 0 Å². The van der Waals surface area contributed by atoms with Gasteiger partial charge in [-0.05, 0) is 6.42 Å². The van der Waals surface area contributed by atoms with Crippen molar-refractivity contribution in [3.63, 3.8) is 0 Å². The summed E-state index contributed by atoms with van der Waals surface area (Å²) in [6.07, 6.45) is 3.19. The van der Waals surface area contributed by atoms with E-state index in [1.165, 1.54) is 11.3 Å². The number of nitrogens with one attached hydrogen (secondary N) is 1. The van der Waals surface area contributed by atoms with Crippen molar-refractivity contribution in [2.45, 2.75) is 26.2 Å². The molecule has 3 nitrogen and oxygen atoms in total. The lowest BCUT2D eigenvalue weighted by molar-refractivity contribution is 0.778. The van der Waals surface area contributed by atoms with Gasteiger partial charge in [0.1, 0.15) is 5.01 Å². The number of nitrogens with zero attached hydrogens (tertiary/aromatic N) is 1. The SMILES string of the molecule is CCCCc1n[nH]c(=O)s1. The van der Waals surface area contributed by atoms with Gasteiger partial charge in [-0.3, -0.25) is 4.79 Å². The average molecular weight is 158 g/mol. The maximum absolute atomic E-state index is 10.6. The third-order valence-electron chi connectivity index (χ3n) is 1.23. The van der Waals surface area contributed by atoms with E-state index in [9.17, 15) is 4.79 Å². The van der Waals surface area contributed by atoms with Gasteiger partial charge in [0.15, 0.2) is 0 Å². The Hall–Kier alpha value is -0.640. The maximum atomic E-state index is 10.6. The third kappa shape index (κ3) is 1.95. The van der Waals surface area contributed by atoms with Crippen LogP contribution in [0.1, 0.15) is 24.8 Å². The van der Waals surface area contributed by atoms with Crippen LogP contribution in [0.3, 0.4) is 0 Å². The van der Waals surface area contributed by atoms with Gasteiger partial charge in [-0.1, -0.05) is 24.7 Å². The number of hydrogen-bond acceptors (Lipinski definition) is 3. The average Bonchev–Trinajstić information content (AvgIpc) is 2.31. The van der Waals surface area contributed by atoms with Crippen LogP contribution in [0, 0.1) is 0 Å². The molecule has 0 aliphatic heterocycles. The second-order valence-electron chi connectivity index (χ2n) is 2.11. The molecular weight excluding hydrogens is 148 g/mol. The summed E-state index contributed by atoms with van der Waals surface area (Å²) in [5, 5.41) is 7.15. The molecule has 0 amide bonds. The first-order chi connectivity index (χ1) is 4.83. The molecule has 4 heteroatoms. The van der Waals surface area contributed by atoms with Gasteiger partial charge >= 0.3 is 4.87 Å². The number of aromatic nitrogens is 2. The van der Waals surface area contributed by atoms with Crippen LogP contribution in [0.5, 0.6) is 0 Å². The molecule has 1 rings (SSSR count). The van der Waals surface area contributed by atoms with Crippen LogP contribution >= 0.6 is 11.3 Å². The number of aromatic amines is 1. The molecule has 0 saturated heterocycles. The second-order valence-corrected chi connectivity index (χ2v) is 3.16. The molecule has 1 aromatic heterocycles. The normalized spacial score (nSPS) is 10.1. The van der Waals surface area contributed by atoms with E-state index in [0.717, 1.165) is 24.3 Å². The zero-order valence-electron chi connectivity index (χ0n) is 5.89. The lowest BCUT2D eigenvalue weighted by atomic mass is 10.3. The Kier molecular flexibility index (Phi) is 2.62. The highest BCUT2D eigenvalue weighted by atomic mass is 32.1. The van der Waals surface area contributed by atoms with Crippen molar-refractivity contribution in [1.29, 1.82) is 0 Å². The summed E-state index contributed by atoms with van der Waals surface area (Å²) in [7, 11) is 0. The van der Waals surface area contributed by atoms with Crippen LogP contribution in [0.25, 0.3) is 0 Å². The topological polar surface area (TPSA) is 45.8 Å². The molecule has 0 atom stereocenters. The van der Waals surface area contributed by atoms with E-state index in [4.69, 9.17) is 0 Å². The van der Waals surface area contributed by atoms with Crippen LogP contribution in [-0.2, 0) is 6.42 Å². The molecule has 0 aromatic carbocycles. The fourth-order valence-electron chi connectivity index (χ4n) is 0.696. The van der Waals surface area contributed by atoms with Crippen molar-refractivity contribution < 1.29 is 0 Å². The molecule has 0 aliphatic carbocycles. The zero-order valence-corrected chi connectivity index (χ0v) is 6.70. The summed E-state index contributed by atoms with van der Waals surface area (Å²) < 4.78 is 0. The Morgan fingerprint density at radius 2 is 2.50 bits per heavy atom. The maximum Gasteiger partial charge on any atom is 0.322 e. The molecule has 1 N–H and O–H groups in total. The Morgan fingerprint density at radius 1 is 1.70 bits per heavy atom. The van der Waals surface area contributed by atoms with Crippen LogP contribution in [-0.4, -0.2) is 10.2 Å². The zero-order chi connectivity index (χ0) is 7.40. The summed E-state index contributed by atoms with van der Waals surface area (Å²) >= 11 is 1.21. The first kappa shape index (κ1) is 7.47. The quantitative estimate of drug-likeness (QED) is 0.717. The molecule has 0 unspecified atom stereocenters. The molecule has 0 aliphatic rings. The van der Waals surface area contributed by atoms with E-state index in [-0.39, 0.29) is 4.87 Å². The molecule has 0 fully saturated rings. The minimum absolute atomic E-state index is 0.0499. The minimum Gasteiger partial charge on any atom is -0.255 e. The van der Waals surface area contributed by atoms with Crippen LogP contribution in [0.2, 0.25) is 0 Å². The molecule has 0 radical (unpaired) electrons. The predicted molar refractivity (Wildman–Crippen MR) is 41.3 cm³/mol. The van der Waals surface area contributed by atoms with Gasteiger partial charge in [-0.25, -0.2) is 5.10 Å². The summed E-state index contributed by atoms with van der Waals surface area (Å²) in [4.78, 5) is 10.5. The Morgan fingerprint density at radius 3 is 3.00 bits per heavy atom. The summed E-state index contributed by atoms with van der Waals surface area (Å²) in [5.74, 6) is 0. The monoisotopic (exact) mass is 158 g/mol. The highest BCUT2D eigenvalue weighted by molar-refractivity contribution is 7.08. The number of H-pyrrole nitrogens is 1. The van der Waals surface area contributed by atoms with E-state index >= 15 is 0 Å². The van der Waals surface area contributed by atoms with Gasteiger partial charge < -0.3 is 0 Å². The molecular formula is C6H10N2OS. The van der Waals surface area contributed by atoms with E-state index in [1.54, 1.807) is 0 Å². The highest BCUT2D eigenvalue weighted by Gasteiger charge is 1.96. The van der Waals surface area contributed by atoms with Gasteiger partial charge in [-0.2, -0.15) is 5.10 Å². The van der Waals surface area contributed by atoms with Gasteiger partial charge in [0, 0.05) is 6.42 Å². The van der Waals surface area contributed by atoms with Crippen molar-refractivity contribution in [1.82, 2.24) is 10.2 Å². The van der Waals surface area contributed by atoms with Crippen molar-refractivity contribution in [2.75, 3.05) is 0 Å². The van der Waals surface area contributed by atoms with Crippen LogP contribution in [0.4, 0.5) is 0 Å². The van der Waals surface area contributed by atoms with Crippen molar-refractivity contribution in [2.24, 2.45) is 0 Å². The van der Waals surface area contributed by atoms with E-state index < -0.39 is 0 Å². The highest BCUT2D eigenvalue weighted by Crippen LogP contribution is 2.01. The number of aryl methyl sites for hydroxylation is 1. The third-order valence-corrected chi connectivity index (χ3v) is 2.03. The van der Waals surface area contributed by atoms with Gasteiger partial charge in [0.05, 0.1) is 0 Å². The van der Waals surface area contributed by atoms with E-state index in [0.29, 0.717) is 0 Å². The van der Waals surface area contributed by atoms with Crippen molar-refractivity contribution in [3.05, 3.63) is 14.7 Å². The number of unbranched alkanes of at least 4 members (excludes halogenated alkanes) is 1. The van der Waals surface area contributed by atoms with E-state index in [2.05, 4.69) is 17.1 Å². The number of hydrogen-bond donors (Lipinski definition) is 1. The second kappa shape index (κ2) is 3.51. The Labute approximate surface area is 63.1 Å². The molecule has 1 aromatic rings. The lowest BCUT2D eigenvalue weighted by Gasteiger charge is -1.87. The summed E-state index contributed by atoms with van der Waals surface area (Å²) in [6, 6.07) is 0. The summed E-state index contributed by atoms with van der Waals surface area (Å²) in [5.41, 5.74) is 0. The van der Waals surface area contributed by atoms with Crippen molar-refractivity contribution >= 4 is 11.3 Å². The molecule has 0 bridgehead atoms. The molecule has 10 heavy (non-hydrogen) atoms. The Bertz CT molecular complexity index is 240. The standard InChI is InChI=1S/C6H10N2OS/c1-2-3-4-5-7-8-6(9)10-5/h2-4H2,1H3,(H,8,9). The molecule has 0 spiro atoms. The Balaban J connectivity index is 2.50. The molecule has 1 heterocycles. The number of rotatable bonds is 3. The lowest BCUT2D eigenvalue weighted by Crippen LogP contribution is -1.90. The molecule has 56 valence electrons. The van der Waals surface area contributed by atoms with Crippen molar-refractivity contribution in [3.8, 4) is 0 Å². The van der Waals surface area contributed by atoms with Gasteiger partial charge in [-0.15, -0.1) is 0 Å². The van der Waals surface area contributed by atoms with Crippen LogP contribution in [0.15, 0.2) is 4.79 Å².